The smallest absolute Gasteiger partial charge is 0.227 e. The molecule has 7 heteroatoms. The van der Waals surface area contributed by atoms with E-state index in [1.807, 2.05) is 30.3 Å². The van der Waals surface area contributed by atoms with Gasteiger partial charge in [-0.2, -0.15) is 0 Å². The minimum absolute atomic E-state index is 0.352. The molecular weight excluding hydrogens is 417 g/mol. The van der Waals surface area contributed by atoms with Gasteiger partial charge in [0.2, 0.25) is 5.95 Å². The molecule has 1 fully saturated rings. The Hall–Kier alpha value is -3.71. The fourth-order valence-corrected chi connectivity index (χ4v) is 4.15. The lowest BCUT2D eigenvalue weighted by molar-refractivity contribution is 0.313. The summed E-state index contributed by atoms with van der Waals surface area (Å²) >= 11 is 0. The van der Waals surface area contributed by atoms with E-state index in [0.29, 0.717) is 28.3 Å². The first-order valence-corrected chi connectivity index (χ1v) is 11.0. The third-order valence-corrected chi connectivity index (χ3v) is 6.05. The van der Waals surface area contributed by atoms with Crippen molar-refractivity contribution < 1.29 is 9.13 Å². The molecule has 0 atom stereocenters. The quantitative estimate of drug-likeness (QED) is 0.472. The Morgan fingerprint density at radius 1 is 0.939 bits per heavy atom. The van der Waals surface area contributed by atoms with Crippen LogP contribution in [0, 0.1) is 5.82 Å². The van der Waals surface area contributed by atoms with Gasteiger partial charge >= 0.3 is 0 Å². The molecule has 3 aromatic carbocycles. The van der Waals surface area contributed by atoms with Crippen molar-refractivity contribution in [2.75, 3.05) is 50.6 Å². The van der Waals surface area contributed by atoms with Crippen molar-refractivity contribution in [1.82, 2.24) is 14.9 Å². The molecule has 1 aliphatic heterocycles. The molecule has 0 bridgehead atoms. The number of fused-ring (bicyclic) bond motifs is 1. The zero-order valence-corrected chi connectivity index (χ0v) is 18.8. The maximum absolute atomic E-state index is 14.8. The monoisotopic (exact) mass is 443 g/mol. The minimum atomic E-state index is -0.352. The summed E-state index contributed by atoms with van der Waals surface area (Å²) in [6.45, 7) is 4.11. The van der Waals surface area contributed by atoms with Gasteiger partial charge in [0, 0.05) is 66.3 Å². The van der Waals surface area contributed by atoms with Crippen molar-refractivity contribution in [3.63, 3.8) is 0 Å². The van der Waals surface area contributed by atoms with Gasteiger partial charge in [-0.25, -0.2) is 14.4 Å². The second-order valence-electron chi connectivity index (χ2n) is 8.25. The fraction of sp³-hybridized carbons (Fsp3) is 0.231. The first-order valence-electron chi connectivity index (χ1n) is 11.0. The molecule has 0 amide bonds. The topological polar surface area (TPSA) is 53.5 Å². The Morgan fingerprint density at radius 2 is 1.76 bits per heavy atom. The summed E-state index contributed by atoms with van der Waals surface area (Å²) in [5, 5.41) is 4.17. The molecule has 0 saturated carbocycles. The minimum Gasteiger partial charge on any atom is -0.497 e. The summed E-state index contributed by atoms with van der Waals surface area (Å²) < 4.78 is 19.9. The number of nitrogens with zero attached hydrogens (tertiary/aromatic N) is 4. The van der Waals surface area contributed by atoms with Gasteiger partial charge in [0.05, 0.1) is 12.6 Å². The average molecular weight is 444 g/mol. The van der Waals surface area contributed by atoms with E-state index in [4.69, 9.17) is 9.72 Å². The lowest BCUT2D eigenvalue weighted by atomic mass is 10.0. The van der Waals surface area contributed by atoms with E-state index in [2.05, 4.69) is 39.3 Å². The standard InChI is InChI=1S/C26H26FN5O/c1-31-11-13-32(14-12-31)20-7-4-6-19(15-20)29-26-28-17-18-5-3-8-23(25(18)30-26)22-10-9-21(33-2)16-24(22)27/h3-10,15-17H,11-14H2,1-2H3,(H,28,29,30). The van der Waals surface area contributed by atoms with Crippen LogP contribution in [0.1, 0.15) is 0 Å². The second kappa shape index (κ2) is 9.03. The maximum atomic E-state index is 14.8. The van der Waals surface area contributed by atoms with Gasteiger partial charge in [-0.05, 0) is 37.4 Å². The first kappa shape index (κ1) is 21.2. The van der Waals surface area contributed by atoms with Crippen molar-refractivity contribution in [3.8, 4) is 16.9 Å². The van der Waals surface area contributed by atoms with Crippen LogP contribution in [-0.4, -0.2) is 55.2 Å². The number of hydrogen-bond donors (Lipinski definition) is 1. The molecule has 168 valence electrons. The highest BCUT2D eigenvalue weighted by Gasteiger charge is 2.15. The van der Waals surface area contributed by atoms with E-state index in [1.165, 1.54) is 18.9 Å². The van der Waals surface area contributed by atoms with Gasteiger partial charge in [-0.1, -0.05) is 24.3 Å². The molecule has 1 N–H and O–H groups in total. The van der Waals surface area contributed by atoms with Crippen LogP contribution >= 0.6 is 0 Å². The van der Waals surface area contributed by atoms with E-state index in [1.54, 1.807) is 18.3 Å². The van der Waals surface area contributed by atoms with E-state index in [9.17, 15) is 4.39 Å². The fourth-order valence-electron chi connectivity index (χ4n) is 4.15. The van der Waals surface area contributed by atoms with E-state index in [-0.39, 0.29) is 5.82 Å². The van der Waals surface area contributed by atoms with Gasteiger partial charge in [0.1, 0.15) is 11.6 Å². The van der Waals surface area contributed by atoms with Gasteiger partial charge in [0.15, 0.2) is 0 Å². The van der Waals surface area contributed by atoms with Gasteiger partial charge < -0.3 is 19.9 Å². The zero-order chi connectivity index (χ0) is 22.8. The molecule has 4 aromatic rings. The van der Waals surface area contributed by atoms with Crippen LogP contribution in [-0.2, 0) is 0 Å². The Balaban J connectivity index is 1.46. The Labute approximate surface area is 192 Å². The number of anilines is 3. The van der Waals surface area contributed by atoms with Gasteiger partial charge in [0.25, 0.3) is 0 Å². The number of benzene rings is 3. The Bertz CT molecular complexity index is 1290. The van der Waals surface area contributed by atoms with Crippen LogP contribution in [0.2, 0.25) is 0 Å². The average Bonchev–Trinajstić information content (AvgIpc) is 2.84. The molecule has 6 nitrogen and oxygen atoms in total. The number of hydrogen-bond acceptors (Lipinski definition) is 6. The van der Waals surface area contributed by atoms with Crippen LogP contribution < -0.4 is 15.0 Å². The number of para-hydroxylation sites is 1. The van der Waals surface area contributed by atoms with Crippen LogP contribution in [0.25, 0.3) is 22.0 Å². The van der Waals surface area contributed by atoms with Gasteiger partial charge in [-0.3, -0.25) is 0 Å². The first-order chi connectivity index (χ1) is 16.1. The van der Waals surface area contributed by atoms with Crippen molar-refractivity contribution in [2.24, 2.45) is 0 Å². The number of halogens is 1. The number of ether oxygens (including phenoxy) is 1. The summed E-state index contributed by atoms with van der Waals surface area (Å²) in [4.78, 5) is 13.9. The number of nitrogens with one attached hydrogen (secondary N) is 1. The maximum Gasteiger partial charge on any atom is 0.227 e. The van der Waals surface area contributed by atoms with E-state index in [0.717, 1.165) is 37.3 Å². The predicted molar refractivity (Wildman–Crippen MR) is 131 cm³/mol. The highest BCUT2D eigenvalue weighted by atomic mass is 19.1. The van der Waals surface area contributed by atoms with E-state index < -0.39 is 0 Å². The third-order valence-electron chi connectivity index (χ3n) is 6.05. The second-order valence-corrected chi connectivity index (χ2v) is 8.25. The summed E-state index contributed by atoms with van der Waals surface area (Å²) in [5.74, 6) is 0.600. The predicted octanol–water partition coefficient (Wildman–Crippen LogP) is 4.94. The summed E-state index contributed by atoms with van der Waals surface area (Å²) in [7, 11) is 3.68. The van der Waals surface area contributed by atoms with Crippen LogP contribution in [0.4, 0.5) is 21.7 Å². The van der Waals surface area contributed by atoms with Gasteiger partial charge in [-0.15, -0.1) is 0 Å². The summed E-state index contributed by atoms with van der Waals surface area (Å²) in [5.41, 5.74) is 3.97. The van der Waals surface area contributed by atoms with Crippen LogP contribution in [0.15, 0.2) is 66.9 Å². The molecule has 0 aliphatic carbocycles. The molecule has 1 aromatic heterocycles. The lowest BCUT2D eigenvalue weighted by Crippen LogP contribution is -2.44. The van der Waals surface area contributed by atoms with Crippen LogP contribution in [0.3, 0.4) is 0 Å². The molecule has 5 rings (SSSR count). The molecule has 1 aliphatic rings. The Kier molecular flexibility index (Phi) is 5.79. The SMILES string of the molecule is COc1ccc(-c2cccc3cnc(Nc4cccc(N5CCN(C)CC5)c4)nc23)c(F)c1. The van der Waals surface area contributed by atoms with Crippen molar-refractivity contribution in [2.45, 2.75) is 0 Å². The molecule has 33 heavy (non-hydrogen) atoms. The number of aromatic nitrogens is 2. The summed E-state index contributed by atoms with van der Waals surface area (Å²) in [6, 6.07) is 18.8. The molecule has 0 unspecified atom stereocenters. The molecule has 0 radical (unpaired) electrons. The number of likely N-dealkylation sites (N-methyl/N-ethyl adjacent to an activating group) is 1. The molecule has 1 saturated heterocycles. The van der Waals surface area contributed by atoms with E-state index >= 15 is 0 Å². The van der Waals surface area contributed by atoms with Crippen molar-refractivity contribution in [1.29, 1.82) is 0 Å². The number of methoxy groups -OCH3 is 1. The lowest BCUT2D eigenvalue weighted by Gasteiger charge is -2.34. The number of piperazine rings is 1. The number of rotatable bonds is 5. The zero-order valence-electron chi connectivity index (χ0n) is 18.8. The highest BCUT2D eigenvalue weighted by molar-refractivity contribution is 5.94. The molecule has 0 spiro atoms. The normalized spacial score (nSPS) is 14.5. The van der Waals surface area contributed by atoms with Crippen molar-refractivity contribution >= 4 is 28.2 Å². The summed E-state index contributed by atoms with van der Waals surface area (Å²) in [6.07, 6.45) is 1.76. The van der Waals surface area contributed by atoms with Crippen molar-refractivity contribution in [3.05, 3.63) is 72.7 Å². The third kappa shape index (κ3) is 4.45. The highest BCUT2D eigenvalue weighted by Crippen LogP contribution is 2.32. The Morgan fingerprint density at radius 3 is 2.55 bits per heavy atom. The molecule has 2 heterocycles. The largest absolute Gasteiger partial charge is 0.497 e. The van der Waals surface area contributed by atoms with Crippen LogP contribution in [0.5, 0.6) is 5.75 Å². The molecular formula is C26H26FN5O.